The van der Waals surface area contributed by atoms with Crippen LogP contribution in [0.3, 0.4) is 0 Å². The topological polar surface area (TPSA) is 504 Å². The quantitative estimate of drug-likeness (QED) is 0.0643. The fourth-order valence-electron chi connectivity index (χ4n) is 8.91. The second kappa shape index (κ2) is 25.1. The van der Waals surface area contributed by atoms with E-state index in [9.17, 15) is 96.4 Å². The SMILES string of the molecule is CC(=O)NC1C(O)OC(CO)C(OC2OC(CO)C(OC3OC(COC4OC(CO)C(O)C(O)C4O)C(O)C(OC4OC(CO)C(O)C(O)C4O)C3OC3OCC(O)C(O)C3O)C(O)C2NC(C)=O)C1O. The van der Waals surface area contributed by atoms with Crippen molar-refractivity contribution in [3.8, 4) is 0 Å². The van der Waals surface area contributed by atoms with E-state index in [0.29, 0.717) is 0 Å². The van der Waals surface area contributed by atoms with Crippen molar-refractivity contribution in [3.05, 3.63) is 0 Å². The Hall–Kier alpha value is -2.18. The van der Waals surface area contributed by atoms with E-state index < -0.39 is 229 Å². The third kappa shape index (κ3) is 12.7. The minimum absolute atomic E-state index is 0.678. The first-order valence-electron chi connectivity index (χ1n) is 22.5. The summed E-state index contributed by atoms with van der Waals surface area (Å²) in [5, 5.41) is 186. The lowest BCUT2D eigenvalue weighted by atomic mass is 9.93. The molecule has 32 heteroatoms. The van der Waals surface area contributed by atoms with Crippen molar-refractivity contribution in [2.45, 2.75) is 192 Å². The highest BCUT2D eigenvalue weighted by molar-refractivity contribution is 5.73. The number of ether oxygens (including phenoxy) is 11. The summed E-state index contributed by atoms with van der Waals surface area (Å²) in [5.74, 6) is -1.57. The van der Waals surface area contributed by atoms with Crippen LogP contribution in [0, 0.1) is 0 Å². The molecular formula is C39H66N2O30. The average Bonchev–Trinajstić information content (AvgIpc) is 3.33. The molecule has 6 heterocycles. The molecule has 0 saturated carbocycles. The first-order chi connectivity index (χ1) is 33.6. The van der Waals surface area contributed by atoms with Gasteiger partial charge in [0, 0.05) is 13.8 Å². The van der Waals surface area contributed by atoms with E-state index in [1.165, 1.54) is 0 Å². The summed E-state index contributed by atoms with van der Waals surface area (Å²) >= 11 is 0. The number of amides is 2. The number of rotatable bonds is 17. The summed E-state index contributed by atoms with van der Waals surface area (Å²) in [6, 6.07) is -3.33. The molecule has 32 nitrogen and oxygen atoms in total. The molecule has 6 rings (SSSR count). The van der Waals surface area contributed by atoms with Gasteiger partial charge in [0.25, 0.3) is 0 Å². The lowest BCUT2D eigenvalue weighted by molar-refractivity contribution is -0.404. The van der Waals surface area contributed by atoms with Crippen LogP contribution in [-0.2, 0) is 61.7 Å². The molecule has 6 fully saturated rings. The molecule has 0 radical (unpaired) electrons. The van der Waals surface area contributed by atoms with Crippen LogP contribution in [-0.4, -0.2) is 316 Å². The molecule has 0 bridgehead atoms. The van der Waals surface area contributed by atoms with Crippen LogP contribution in [0.1, 0.15) is 13.8 Å². The van der Waals surface area contributed by atoms with E-state index in [4.69, 9.17) is 52.1 Å². The van der Waals surface area contributed by atoms with Gasteiger partial charge in [0.1, 0.15) is 140 Å². The van der Waals surface area contributed by atoms with Gasteiger partial charge in [-0.1, -0.05) is 0 Å². The zero-order chi connectivity index (χ0) is 52.3. The predicted octanol–water partition coefficient (Wildman–Crippen LogP) is -13.2. The van der Waals surface area contributed by atoms with Crippen molar-refractivity contribution < 1.29 is 149 Å². The third-order valence-electron chi connectivity index (χ3n) is 12.8. The van der Waals surface area contributed by atoms with Gasteiger partial charge < -0.3 is 150 Å². The standard InChI is InChI=1S/C39H66N2O30/c1-9(46)40-17-23(53)30(14(5-44)63-34(17)60)68-35-18(41-10(2)47)24(54)31(15(6-45)66-35)69-39-33(71-37-27(57)19(49)11(48)7-61-37)32(70-38-29(59)26(56)21(51)13(4-43)65-38)22(52)16(67-39)8-62-36-28(58)25(55)20(50)12(3-42)64-36/h11-39,42-45,48-60H,3-8H2,1-2H3,(H,40,46)(H,41,47). The number of nitrogens with one attached hydrogen (secondary N) is 2. The van der Waals surface area contributed by atoms with Crippen molar-refractivity contribution >= 4 is 11.8 Å². The second-order valence-corrected chi connectivity index (χ2v) is 17.8. The highest BCUT2D eigenvalue weighted by atomic mass is 16.8. The van der Waals surface area contributed by atoms with E-state index in [1.807, 2.05) is 0 Å². The minimum Gasteiger partial charge on any atom is -0.394 e. The van der Waals surface area contributed by atoms with Gasteiger partial charge in [-0.25, -0.2) is 0 Å². The Kier molecular flexibility index (Phi) is 20.5. The molecule has 0 aromatic rings. The van der Waals surface area contributed by atoms with E-state index >= 15 is 0 Å². The maximum Gasteiger partial charge on any atom is 0.217 e. The van der Waals surface area contributed by atoms with Gasteiger partial charge in [0.05, 0.1) is 39.6 Å². The molecule has 29 unspecified atom stereocenters. The summed E-state index contributed by atoms with van der Waals surface area (Å²) in [5.41, 5.74) is 0. The van der Waals surface area contributed by atoms with Crippen LogP contribution in [0.25, 0.3) is 0 Å². The van der Waals surface area contributed by atoms with Gasteiger partial charge in [0.15, 0.2) is 37.7 Å². The summed E-state index contributed by atoms with van der Waals surface area (Å²) < 4.78 is 63.7. The van der Waals surface area contributed by atoms with E-state index in [0.717, 1.165) is 13.8 Å². The monoisotopic (exact) mass is 1040 g/mol. The molecule has 6 aliphatic rings. The Morgan fingerprint density at radius 3 is 1.42 bits per heavy atom. The van der Waals surface area contributed by atoms with Crippen LogP contribution in [0.15, 0.2) is 0 Å². The van der Waals surface area contributed by atoms with Gasteiger partial charge in [-0.2, -0.15) is 0 Å². The lowest BCUT2D eigenvalue weighted by Crippen LogP contribution is -2.71. The molecule has 0 aromatic heterocycles. The molecule has 71 heavy (non-hydrogen) atoms. The van der Waals surface area contributed by atoms with Gasteiger partial charge in [0.2, 0.25) is 11.8 Å². The van der Waals surface area contributed by atoms with Crippen LogP contribution in [0.2, 0.25) is 0 Å². The molecule has 6 aliphatic heterocycles. The number of aliphatic hydroxyl groups excluding tert-OH is 17. The van der Waals surface area contributed by atoms with E-state index in [1.54, 1.807) is 0 Å². The van der Waals surface area contributed by atoms with Crippen LogP contribution >= 0.6 is 0 Å². The average molecular weight is 1040 g/mol. The molecule has 19 N–H and O–H groups in total. The molecule has 6 saturated heterocycles. The maximum absolute atomic E-state index is 12.7. The van der Waals surface area contributed by atoms with Crippen molar-refractivity contribution in [1.82, 2.24) is 10.6 Å². The summed E-state index contributed by atoms with van der Waals surface area (Å²) in [7, 11) is 0. The summed E-state index contributed by atoms with van der Waals surface area (Å²) in [6.07, 6.45) is -51.8. The Bertz CT molecular complexity index is 1690. The third-order valence-corrected chi connectivity index (χ3v) is 12.8. The maximum atomic E-state index is 12.7. The van der Waals surface area contributed by atoms with E-state index in [-0.39, 0.29) is 0 Å². The van der Waals surface area contributed by atoms with Crippen LogP contribution in [0.5, 0.6) is 0 Å². The van der Waals surface area contributed by atoms with Gasteiger partial charge in [-0.05, 0) is 0 Å². The highest BCUT2D eigenvalue weighted by Crippen LogP contribution is 2.37. The number of hydrogen-bond acceptors (Lipinski definition) is 30. The summed E-state index contributed by atoms with van der Waals surface area (Å²) in [6.45, 7) is -3.36. The fraction of sp³-hybridized carbons (Fsp3) is 0.949. The Balaban J connectivity index is 1.37. The predicted molar refractivity (Wildman–Crippen MR) is 216 cm³/mol. The summed E-state index contributed by atoms with van der Waals surface area (Å²) in [4.78, 5) is 24.6. The zero-order valence-electron chi connectivity index (χ0n) is 37.9. The Morgan fingerprint density at radius 1 is 0.423 bits per heavy atom. The van der Waals surface area contributed by atoms with Gasteiger partial charge in [-0.3, -0.25) is 9.59 Å². The highest BCUT2D eigenvalue weighted by Gasteiger charge is 2.58. The van der Waals surface area contributed by atoms with Crippen molar-refractivity contribution in [1.29, 1.82) is 0 Å². The Morgan fingerprint density at radius 2 is 0.859 bits per heavy atom. The molecule has 2 amide bonds. The lowest BCUT2D eigenvalue weighted by Gasteiger charge is -2.51. The Labute approximate surface area is 402 Å². The number of aliphatic hydroxyl groups is 17. The molecule has 29 atom stereocenters. The minimum atomic E-state index is -2.20. The number of hydrogen-bond donors (Lipinski definition) is 19. The molecular weight excluding hydrogens is 976 g/mol. The fourth-order valence-corrected chi connectivity index (χ4v) is 8.91. The van der Waals surface area contributed by atoms with Crippen LogP contribution < -0.4 is 10.6 Å². The molecule has 0 aromatic carbocycles. The molecule has 0 aliphatic carbocycles. The van der Waals surface area contributed by atoms with Crippen molar-refractivity contribution in [2.24, 2.45) is 0 Å². The first-order valence-corrected chi connectivity index (χ1v) is 22.5. The van der Waals surface area contributed by atoms with E-state index in [2.05, 4.69) is 10.6 Å². The van der Waals surface area contributed by atoms with Crippen molar-refractivity contribution in [2.75, 3.05) is 39.6 Å². The smallest absolute Gasteiger partial charge is 0.217 e. The molecule has 0 spiro atoms. The number of carbonyl (C=O) groups is 2. The largest absolute Gasteiger partial charge is 0.394 e. The normalized spacial score (nSPS) is 49.8. The zero-order valence-corrected chi connectivity index (χ0v) is 37.9. The second-order valence-electron chi connectivity index (χ2n) is 17.8. The van der Waals surface area contributed by atoms with Gasteiger partial charge >= 0.3 is 0 Å². The van der Waals surface area contributed by atoms with Gasteiger partial charge in [-0.15, -0.1) is 0 Å². The first kappa shape index (κ1) is 58.1. The number of carbonyl (C=O) groups excluding carboxylic acids is 2. The van der Waals surface area contributed by atoms with Crippen LogP contribution in [0.4, 0.5) is 0 Å². The molecule has 412 valence electrons. The van der Waals surface area contributed by atoms with Crippen molar-refractivity contribution in [3.63, 3.8) is 0 Å².